The molecule has 0 saturated heterocycles. The van der Waals surface area contributed by atoms with E-state index in [2.05, 4.69) is 22.4 Å². The molecule has 2 atom stereocenters. The molecule has 5 rings (SSSR count). The van der Waals surface area contributed by atoms with Crippen LogP contribution in [0.1, 0.15) is 73.5 Å². The summed E-state index contributed by atoms with van der Waals surface area (Å²) < 4.78 is 0. The summed E-state index contributed by atoms with van der Waals surface area (Å²) in [6.45, 7) is 2.00. The third kappa shape index (κ3) is 5.88. The molecule has 0 radical (unpaired) electrons. The van der Waals surface area contributed by atoms with E-state index in [4.69, 9.17) is 11.6 Å². The summed E-state index contributed by atoms with van der Waals surface area (Å²) in [5, 5.41) is 13.3. The predicted molar refractivity (Wildman–Crippen MR) is 147 cm³/mol. The molecule has 37 heavy (non-hydrogen) atoms. The molecule has 1 amide bonds. The van der Waals surface area contributed by atoms with E-state index in [1.165, 1.54) is 0 Å². The number of benzene rings is 2. The van der Waals surface area contributed by atoms with Crippen molar-refractivity contribution in [3.05, 3.63) is 82.6 Å². The van der Waals surface area contributed by atoms with Crippen molar-refractivity contribution in [1.82, 2.24) is 4.98 Å². The van der Waals surface area contributed by atoms with Gasteiger partial charge in [-0.05, 0) is 84.7 Å². The molecule has 1 heterocycles. The highest BCUT2D eigenvalue weighted by molar-refractivity contribution is 6.30. The molecule has 6 heteroatoms. The van der Waals surface area contributed by atoms with Crippen LogP contribution in [0.2, 0.25) is 5.02 Å². The fourth-order valence-electron chi connectivity index (χ4n) is 6.00. The van der Waals surface area contributed by atoms with Gasteiger partial charge < -0.3 is 10.4 Å². The summed E-state index contributed by atoms with van der Waals surface area (Å²) in [5.74, 6) is -0.299. The van der Waals surface area contributed by atoms with Gasteiger partial charge in [-0.1, -0.05) is 60.8 Å². The molecule has 0 bridgehead atoms. The van der Waals surface area contributed by atoms with E-state index in [9.17, 15) is 14.7 Å². The molecule has 2 aromatic carbocycles. The van der Waals surface area contributed by atoms with E-state index in [1.807, 2.05) is 43.3 Å². The fourth-order valence-corrected chi connectivity index (χ4v) is 6.17. The van der Waals surface area contributed by atoms with E-state index >= 15 is 0 Å². The van der Waals surface area contributed by atoms with Gasteiger partial charge in [0.15, 0.2) is 0 Å². The van der Waals surface area contributed by atoms with E-state index in [0.29, 0.717) is 16.9 Å². The first kappa shape index (κ1) is 25.5. The Kier molecular flexibility index (Phi) is 7.61. The second-order valence-corrected chi connectivity index (χ2v) is 11.0. The van der Waals surface area contributed by atoms with E-state index < -0.39 is 5.97 Å². The molecule has 3 aromatic rings. The second kappa shape index (κ2) is 11.1. The first-order chi connectivity index (χ1) is 17.9. The molecular formula is C31H33ClN2O3. The van der Waals surface area contributed by atoms with Crippen molar-refractivity contribution < 1.29 is 14.7 Å². The van der Waals surface area contributed by atoms with Crippen molar-refractivity contribution >= 4 is 29.2 Å². The normalized spacial score (nSPS) is 17.4. The van der Waals surface area contributed by atoms with Gasteiger partial charge in [0.25, 0.3) is 0 Å². The van der Waals surface area contributed by atoms with Crippen LogP contribution in [-0.2, 0) is 9.59 Å². The monoisotopic (exact) mass is 516 g/mol. The van der Waals surface area contributed by atoms with Crippen LogP contribution in [0.5, 0.6) is 0 Å². The molecule has 0 aliphatic heterocycles. The van der Waals surface area contributed by atoms with Crippen molar-refractivity contribution in [2.75, 3.05) is 5.32 Å². The van der Waals surface area contributed by atoms with Gasteiger partial charge in [-0.3, -0.25) is 14.6 Å². The number of aliphatic carboxylic acids is 1. The van der Waals surface area contributed by atoms with Gasteiger partial charge in [0.2, 0.25) is 5.91 Å². The Morgan fingerprint density at radius 1 is 1.00 bits per heavy atom. The first-order valence-corrected chi connectivity index (χ1v) is 13.6. The number of carboxylic acid groups (broad SMARTS) is 1. The van der Waals surface area contributed by atoms with Crippen LogP contribution < -0.4 is 5.32 Å². The van der Waals surface area contributed by atoms with Gasteiger partial charge in [-0.15, -0.1) is 0 Å². The van der Waals surface area contributed by atoms with Crippen LogP contribution in [0.15, 0.2) is 60.9 Å². The number of carboxylic acids is 1. The summed E-state index contributed by atoms with van der Waals surface area (Å²) in [7, 11) is 0. The number of carbonyl (C=O) groups is 2. The Labute approximate surface area is 223 Å². The average Bonchev–Trinajstić information content (AvgIpc) is 3.59. The zero-order chi connectivity index (χ0) is 25.9. The Morgan fingerprint density at radius 2 is 1.73 bits per heavy atom. The number of nitrogens with one attached hydrogen (secondary N) is 1. The number of rotatable bonds is 9. The highest BCUT2D eigenvalue weighted by Gasteiger charge is 2.36. The standard InChI is InChI=1S/C31H33ClN2O3/c1-19-26(27(16-29(35)36)21-11-12-21)7-4-8-28(19)34-31(37)30(22-5-2-3-6-22)23-13-9-20(10-14-23)24-15-25(32)18-33-17-24/h4,7-10,13-15,17-18,21-22,27,30H,2-3,5-6,11-12,16H2,1H3,(H,34,37)(H,35,36)/t27-,30-/m1/s1. The van der Waals surface area contributed by atoms with Crippen molar-refractivity contribution in [2.45, 2.75) is 63.7 Å². The van der Waals surface area contributed by atoms with Gasteiger partial charge >= 0.3 is 5.97 Å². The lowest BCUT2D eigenvalue weighted by molar-refractivity contribution is -0.137. The Bertz CT molecular complexity index is 1280. The van der Waals surface area contributed by atoms with Crippen molar-refractivity contribution in [3.8, 4) is 11.1 Å². The zero-order valence-corrected chi connectivity index (χ0v) is 21.9. The summed E-state index contributed by atoms with van der Waals surface area (Å²) >= 11 is 6.13. The quantitative estimate of drug-likeness (QED) is 0.307. The lowest BCUT2D eigenvalue weighted by Crippen LogP contribution is -2.27. The van der Waals surface area contributed by atoms with Crippen LogP contribution in [0.3, 0.4) is 0 Å². The topological polar surface area (TPSA) is 79.3 Å². The number of pyridine rings is 1. The van der Waals surface area contributed by atoms with Crippen LogP contribution in [0, 0.1) is 18.8 Å². The Balaban J connectivity index is 1.40. The fraction of sp³-hybridized carbons (Fsp3) is 0.387. The van der Waals surface area contributed by atoms with Gasteiger partial charge in [-0.2, -0.15) is 0 Å². The third-order valence-corrected chi connectivity index (χ3v) is 8.29. The molecule has 5 nitrogen and oxygen atoms in total. The number of aromatic nitrogens is 1. The van der Waals surface area contributed by atoms with Crippen LogP contribution in [0.25, 0.3) is 11.1 Å². The molecule has 2 N–H and O–H groups in total. The Morgan fingerprint density at radius 3 is 2.38 bits per heavy atom. The minimum absolute atomic E-state index is 0.00512. The SMILES string of the molecule is Cc1c(NC(=O)[C@@H](c2ccc(-c3cncc(Cl)c3)cc2)C2CCCC2)cccc1[C@H](CC(=O)O)C1CC1. The maximum absolute atomic E-state index is 13.8. The van der Waals surface area contributed by atoms with Gasteiger partial charge in [0.1, 0.15) is 0 Å². The van der Waals surface area contributed by atoms with Crippen molar-refractivity contribution in [3.63, 3.8) is 0 Å². The number of carbonyl (C=O) groups excluding carboxylic acids is 1. The zero-order valence-electron chi connectivity index (χ0n) is 21.1. The smallest absolute Gasteiger partial charge is 0.303 e. The lowest BCUT2D eigenvalue weighted by atomic mass is 9.83. The van der Waals surface area contributed by atoms with Gasteiger partial charge in [0.05, 0.1) is 17.4 Å². The molecule has 2 fully saturated rings. The largest absolute Gasteiger partial charge is 0.481 e. The second-order valence-electron chi connectivity index (χ2n) is 10.6. The minimum Gasteiger partial charge on any atom is -0.481 e. The number of hydrogen-bond donors (Lipinski definition) is 2. The molecule has 192 valence electrons. The molecular weight excluding hydrogens is 484 g/mol. The highest BCUT2D eigenvalue weighted by atomic mass is 35.5. The molecule has 2 saturated carbocycles. The summed E-state index contributed by atoms with van der Waals surface area (Å²) in [5.41, 5.74) is 5.77. The first-order valence-electron chi connectivity index (χ1n) is 13.2. The molecule has 1 aromatic heterocycles. The third-order valence-electron chi connectivity index (χ3n) is 8.08. The molecule has 0 spiro atoms. The minimum atomic E-state index is -0.774. The number of nitrogens with zero attached hydrogens (tertiary/aromatic N) is 1. The van der Waals surface area contributed by atoms with E-state index in [1.54, 1.807) is 12.4 Å². The summed E-state index contributed by atoms with van der Waals surface area (Å²) in [6.07, 6.45) is 10.0. The number of hydrogen-bond acceptors (Lipinski definition) is 3. The molecule has 0 unspecified atom stereocenters. The number of halogens is 1. The van der Waals surface area contributed by atoms with Crippen LogP contribution in [0.4, 0.5) is 5.69 Å². The van der Waals surface area contributed by atoms with Crippen molar-refractivity contribution in [1.29, 1.82) is 0 Å². The van der Waals surface area contributed by atoms with E-state index in [-0.39, 0.29) is 24.2 Å². The van der Waals surface area contributed by atoms with Gasteiger partial charge in [-0.25, -0.2) is 0 Å². The highest BCUT2D eigenvalue weighted by Crippen LogP contribution is 2.46. The summed E-state index contributed by atoms with van der Waals surface area (Å²) in [4.78, 5) is 29.5. The maximum Gasteiger partial charge on any atom is 0.303 e. The van der Waals surface area contributed by atoms with Crippen LogP contribution in [-0.4, -0.2) is 22.0 Å². The van der Waals surface area contributed by atoms with Crippen LogP contribution >= 0.6 is 11.6 Å². The number of amides is 1. The molecule has 2 aliphatic rings. The van der Waals surface area contributed by atoms with Crippen molar-refractivity contribution in [2.24, 2.45) is 11.8 Å². The van der Waals surface area contributed by atoms with E-state index in [0.717, 1.165) is 72.0 Å². The molecule has 2 aliphatic carbocycles. The lowest BCUT2D eigenvalue weighted by Gasteiger charge is -2.25. The average molecular weight is 517 g/mol. The predicted octanol–water partition coefficient (Wildman–Crippen LogP) is 7.59. The van der Waals surface area contributed by atoms with Gasteiger partial charge in [0, 0.05) is 23.6 Å². The summed E-state index contributed by atoms with van der Waals surface area (Å²) in [6, 6.07) is 16.0. The maximum atomic E-state index is 13.8. The Hall–Kier alpha value is -3.18. The number of anilines is 1.